The summed E-state index contributed by atoms with van der Waals surface area (Å²) in [4.78, 5) is 10.8. The molecule has 3 heteroatoms. The van der Waals surface area contributed by atoms with Crippen molar-refractivity contribution in [1.82, 2.24) is 0 Å². The van der Waals surface area contributed by atoms with Crippen molar-refractivity contribution in [3.05, 3.63) is 35.4 Å². The van der Waals surface area contributed by atoms with Crippen molar-refractivity contribution < 1.29 is 4.79 Å². The second-order valence-electron chi connectivity index (χ2n) is 4.11. The van der Waals surface area contributed by atoms with E-state index in [0.717, 1.165) is 5.56 Å². The summed E-state index contributed by atoms with van der Waals surface area (Å²) in [6, 6.07) is 7.51. The molecule has 1 atom stereocenters. The van der Waals surface area contributed by atoms with Gasteiger partial charge >= 0.3 is 0 Å². The fourth-order valence-electron chi connectivity index (χ4n) is 1.43. The minimum absolute atomic E-state index is 0.454. The van der Waals surface area contributed by atoms with Crippen molar-refractivity contribution in [2.24, 2.45) is 11.5 Å². The van der Waals surface area contributed by atoms with Gasteiger partial charge in [0.2, 0.25) is 5.91 Å². The number of rotatable bonds is 4. The Bertz CT molecular complexity index is 347. The van der Waals surface area contributed by atoms with Crippen LogP contribution in [-0.2, 0) is 11.2 Å². The molecule has 0 radical (unpaired) electrons. The summed E-state index contributed by atoms with van der Waals surface area (Å²) in [5.41, 5.74) is 13.0. The topological polar surface area (TPSA) is 69.1 Å². The third-order valence-corrected chi connectivity index (χ3v) is 2.44. The standard InChI is InChI=1S/C12H18N2O/c1-8(2)10-5-3-4-9(6-10)7-11(13)12(14)15/h3-6,8,11H,7,13H2,1-2H3,(H2,14,15)/t11-/m0/s1. The number of carbonyl (C=O) groups is 1. The van der Waals surface area contributed by atoms with Crippen molar-refractivity contribution >= 4 is 5.91 Å². The highest BCUT2D eigenvalue weighted by molar-refractivity contribution is 5.79. The summed E-state index contributed by atoms with van der Waals surface area (Å²) < 4.78 is 0. The summed E-state index contributed by atoms with van der Waals surface area (Å²) in [6.45, 7) is 4.26. The summed E-state index contributed by atoms with van der Waals surface area (Å²) in [7, 11) is 0. The molecule has 0 heterocycles. The van der Waals surface area contributed by atoms with E-state index in [2.05, 4.69) is 26.0 Å². The van der Waals surface area contributed by atoms with Crippen molar-refractivity contribution in [2.75, 3.05) is 0 Å². The van der Waals surface area contributed by atoms with Crippen molar-refractivity contribution in [3.63, 3.8) is 0 Å². The second-order valence-corrected chi connectivity index (χ2v) is 4.11. The number of benzene rings is 1. The molecule has 3 nitrogen and oxygen atoms in total. The van der Waals surface area contributed by atoms with Crippen LogP contribution < -0.4 is 11.5 Å². The van der Waals surface area contributed by atoms with Gasteiger partial charge in [-0.15, -0.1) is 0 Å². The molecule has 82 valence electrons. The zero-order valence-electron chi connectivity index (χ0n) is 9.23. The van der Waals surface area contributed by atoms with E-state index in [1.165, 1.54) is 5.56 Å². The minimum Gasteiger partial charge on any atom is -0.368 e. The monoisotopic (exact) mass is 206 g/mol. The van der Waals surface area contributed by atoms with Gasteiger partial charge in [0.05, 0.1) is 6.04 Å². The third kappa shape index (κ3) is 3.36. The van der Waals surface area contributed by atoms with E-state index < -0.39 is 11.9 Å². The van der Waals surface area contributed by atoms with Gasteiger partial charge in [-0.05, 0) is 23.5 Å². The van der Waals surface area contributed by atoms with Gasteiger partial charge in [0.1, 0.15) is 0 Å². The number of carbonyl (C=O) groups excluding carboxylic acids is 1. The number of amides is 1. The molecular formula is C12H18N2O. The number of hydrogen-bond donors (Lipinski definition) is 2. The van der Waals surface area contributed by atoms with Gasteiger partial charge < -0.3 is 11.5 Å². The average Bonchev–Trinajstić information content (AvgIpc) is 2.18. The van der Waals surface area contributed by atoms with Crippen molar-refractivity contribution in [2.45, 2.75) is 32.2 Å². The molecule has 4 N–H and O–H groups in total. The molecule has 0 bridgehead atoms. The lowest BCUT2D eigenvalue weighted by molar-refractivity contribution is -0.119. The van der Waals surface area contributed by atoms with Gasteiger partial charge in [-0.3, -0.25) is 4.79 Å². The third-order valence-electron chi connectivity index (χ3n) is 2.44. The summed E-state index contributed by atoms with van der Waals surface area (Å²) >= 11 is 0. The Morgan fingerprint density at radius 1 is 1.40 bits per heavy atom. The van der Waals surface area contributed by atoms with E-state index in [9.17, 15) is 4.79 Å². The van der Waals surface area contributed by atoms with Crippen molar-refractivity contribution in [1.29, 1.82) is 0 Å². The molecule has 15 heavy (non-hydrogen) atoms. The Labute approximate surface area is 90.5 Å². The quantitative estimate of drug-likeness (QED) is 0.776. The zero-order valence-corrected chi connectivity index (χ0v) is 9.23. The van der Waals surface area contributed by atoms with Gasteiger partial charge in [-0.25, -0.2) is 0 Å². The first-order chi connectivity index (χ1) is 7.00. The smallest absolute Gasteiger partial charge is 0.234 e. The maximum absolute atomic E-state index is 10.8. The van der Waals surface area contributed by atoms with Gasteiger partial charge in [0.25, 0.3) is 0 Å². The first-order valence-corrected chi connectivity index (χ1v) is 5.14. The maximum Gasteiger partial charge on any atom is 0.234 e. The molecule has 0 aliphatic rings. The normalized spacial score (nSPS) is 12.8. The minimum atomic E-state index is -0.590. The highest BCUT2D eigenvalue weighted by atomic mass is 16.1. The number of hydrogen-bond acceptors (Lipinski definition) is 2. The Morgan fingerprint density at radius 3 is 2.60 bits per heavy atom. The van der Waals surface area contributed by atoms with Crippen LogP contribution in [-0.4, -0.2) is 11.9 Å². The molecule has 1 rings (SSSR count). The molecule has 1 aromatic rings. The summed E-state index contributed by atoms with van der Waals surface area (Å²) in [5, 5.41) is 0. The summed E-state index contributed by atoms with van der Waals surface area (Å²) in [5.74, 6) is 0.0275. The van der Waals surface area contributed by atoms with Gasteiger partial charge in [0, 0.05) is 0 Å². The van der Waals surface area contributed by atoms with Crippen LogP contribution in [0.1, 0.15) is 30.9 Å². The van der Waals surface area contributed by atoms with Crippen LogP contribution >= 0.6 is 0 Å². The molecule has 0 spiro atoms. The lowest BCUT2D eigenvalue weighted by Crippen LogP contribution is -2.38. The fraction of sp³-hybridized carbons (Fsp3) is 0.417. The van der Waals surface area contributed by atoms with E-state index in [1.54, 1.807) is 0 Å². The predicted molar refractivity (Wildman–Crippen MR) is 61.4 cm³/mol. The molecular weight excluding hydrogens is 188 g/mol. The van der Waals surface area contributed by atoms with E-state index in [4.69, 9.17) is 11.5 Å². The molecule has 0 aromatic heterocycles. The van der Waals surface area contributed by atoms with Crippen LogP contribution in [0, 0.1) is 0 Å². The molecule has 0 fully saturated rings. The molecule has 0 aliphatic carbocycles. The lowest BCUT2D eigenvalue weighted by atomic mass is 9.98. The van der Waals surface area contributed by atoms with Crippen LogP contribution in [0.25, 0.3) is 0 Å². The first kappa shape index (κ1) is 11.7. The van der Waals surface area contributed by atoms with Crippen LogP contribution in [0.5, 0.6) is 0 Å². The zero-order chi connectivity index (χ0) is 11.4. The largest absolute Gasteiger partial charge is 0.368 e. The molecule has 1 amide bonds. The van der Waals surface area contributed by atoms with Crippen LogP contribution in [0.15, 0.2) is 24.3 Å². The van der Waals surface area contributed by atoms with Gasteiger partial charge in [0.15, 0.2) is 0 Å². The Hall–Kier alpha value is -1.35. The van der Waals surface area contributed by atoms with E-state index in [1.807, 2.05) is 12.1 Å². The Kier molecular flexibility index (Phi) is 3.86. The molecule has 0 unspecified atom stereocenters. The number of primary amides is 1. The first-order valence-electron chi connectivity index (χ1n) is 5.14. The Morgan fingerprint density at radius 2 is 2.07 bits per heavy atom. The van der Waals surface area contributed by atoms with Gasteiger partial charge in [-0.1, -0.05) is 38.1 Å². The van der Waals surface area contributed by atoms with E-state index >= 15 is 0 Å². The van der Waals surface area contributed by atoms with E-state index in [0.29, 0.717) is 12.3 Å². The Balaban J connectivity index is 2.78. The highest BCUT2D eigenvalue weighted by Crippen LogP contribution is 2.16. The van der Waals surface area contributed by atoms with Crippen LogP contribution in [0.4, 0.5) is 0 Å². The lowest BCUT2D eigenvalue weighted by Gasteiger charge is -2.10. The second kappa shape index (κ2) is 4.94. The molecule has 1 aromatic carbocycles. The SMILES string of the molecule is CC(C)c1cccc(C[C@H](N)C(N)=O)c1. The fourth-order valence-corrected chi connectivity index (χ4v) is 1.43. The highest BCUT2D eigenvalue weighted by Gasteiger charge is 2.10. The predicted octanol–water partition coefficient (Wildman–Crippen LogP) is 1.17. The molecule has 0 saturated carbocycles. The summed E-state index contributed by atoms with van der Waals surface area (Å²) in [6.07, 6.45) is 0.510. The average molecular weight is 206 g/mol. The number of nitrogens with two attached hydrogens (primary N) is 2. The molecule has 0 saturated heterocycles. The maximum atomic E-state index is 10.8. The van der Waals surface area contributed by atoms with Crippen molar-refractivity contribution in [3.8, 4) is 0 Å². The van der Waals surface area contributed by atoms with Gasteiger partial charge in [-0.2, -0.15) is 0 Å². The van der Waals surface area contributed by atoms with Crippen LogP contribution in [0.2, 0.25) is 0 Å². The van der Waals surface area contributed by atoms with E-state index in [-0.39, 0.29) is 0 Å². The molecule has 0 aliphatic heterocycles. The van der Waals surface area contributed by atoms with Crippen LogP contribution in [0.3, 0.4) is 0 Å².